The normalized spacial score (nSPS) is 23.2. The maximum absolute atomic E-state index is 5.85. The molecule has 14 heavy (non-hydrogen) atoms. The van der Waals surface area contributed by atoms with E-state index in [2.05, 4.69) is 12.2 Å². The highest BCUT2D eigenvalue weighted by Crippen LogP contribution is 2.26. The van der Waals surface area contributed by atoms with Crippen LogP contribution in [0.3, 0.4) is 0 Å². The van der Waals surface area contributed by atoms with Crippen LogP contribution in [0.5, 0.6) is 0 Å². The molecule has 0 aromatic carbocycles. The van der Waals surface area contributed by atoms with Gasteiger partial charge in [0.05, 0.1) is 0 Å². The predicted octanol–water partition coefficient (Wildman–Crippen LogP) is 4.01. The second-order valence-electron chi connectivity index (χ2n) is 4.38. The van der Waals surface area contributed by atoms with E-state index in [1.165, 1.54) is 44.1 Å². The molecule has 1 N–H and O–H groups in total. The Bertz CT molecular complexity index is 193. The molecule has 1 rings (SSSR count). The molecule has 0 unspecified atom stereocenters. The van der Waals surface area contributed by atoms with Crippen molar-refractivity contribution in [3.63, 3.8) is 0 Å². The van der Waals surface area contributed by atoms with E-state index in [-0.39, 0.29) is 5.54 Å². The molecule has 0 aromatic heterocycles. The number of nitrogens with one attached hydrogen (secondary N) is 1. The van der Waals surface area contributed by atoms with Crippen molar-refractivity contribution in [1.82, 2.24) is 5.32 Å². The highest BCUT2D eigenvalue weighted by atomic mass is 35.5. The van der Waals surface area contributed by atoms with Crippen LogP contribution in [-0.4, -0.2) is 12.1 Å². The monoisotopic (exact) mass is 235 g/mol. The van der Waals surface area contributed by atoms with Crippen LogP contribution < -0.4 is 5.32 Å². The van der Waals surface area contributed by atoms with Gasteiger partial charge in [0.25, 0.3) is 0 Å². The van der Waals surface area contributed by atoms with Gasteiger partial charge in [-0.25, -0.2) is 0 Å². The van der Waals surface area contributed by atoms with Crippen LogP contribution >= 0.6 is 23.2 Å². The molecule has 0 spiro atoms. The Morgan fingerprint density at radius 1 is 1.29 bits per heavy atom. The van der Waals surface area contributed by atoms with Crippen molar-refractivity contribution in [2.24, 2.45) is 0 Å². The number of hydrogen-bond donors (Lipinski definition) is 1. The van der Waals surface area contributed by atoms with Gasteiger partial charge in [-0.1, -0.05) is 48.9 Å². The molecular formula is C11H19Cl2N. The third-order valence-electron chi connectivity index (χ3n) is 3.01. The fraction of sp³-hybridized carbons (Fsp3) is 0.818. The molecule has 82 valence electrons. The Labute approximate surface area is 96.8 Å². The Kier molecular flexibility index (Phi) is 5.29. The molecule has 0 amide bonds. The molecule has 1 fully saturated rings. The van der Waals surface area contributed by atoms with Crippen LogP contribution in [-0.2, 0) is 0 Å². The molecule has 1 aliphatic carbocycles. The third kappa shape index (κ3) is 4.20. The molecule has 1 saturated carbocycles. The van der Waals surface area contributed by atoms with Gasteiger partial charge >= 0.3 is 0 Å². The lowest BCUT2D eigenvalue weighted by molar-refractivity contribution is 0.325. The minimum Gasteiger partial charge on any atom is -0.307 e. The summed E-state index contributed by atoms with van der Waals surface area (Å²) in [5, 5.41) is 4.20. The van der Waals surface area contributed by atoms with Gasteiger partial charge in [-0.15, -0.1) is 0 Å². The maximum Gasteiger partial charge on any atom is 0.0432 e. The quantitative estimate of drug-likeness (QED) is 0.730. The summed E-state index contributed by atoms with van der Waals surface area (Å²) in [4.78, 5) is 0. The minimum atomic E-state index is 0.260. The van der Waals surface area contributed by atoms with Crippen LogP contribution in [0.4, 0.5) is 0 Å². The van der Waals surface area contributed by atoms with Gasteiger partial charge in [0.15, 0.2) is 0 Å². The largest absolute Gasteiger partial charge is 0.307 e. The van der Waals surface area contributed by atoms with E-state index in [1.807, 2.05) is 0 Å². The molecule has 1 nitrogen and oxygen atoms in total. The van der Waals surface area contributed by atoms with E-state index in [1.54, 1.807) is 0 Å². The SMILES string of the molecule is CC1(NC/C(Cl)=C/Cl)CCCCCC1. The molecule has 0 atom stereocenters. The summed E-state index contributed by atoms with van der Waals surface area (Å²) < 4.78 is 0. The van der Waals surface area contributed by atoms with E-state index in [4.69, 9.17) is 23.2 Å². The van der Waals surface area contributed by atoms with Crippen LogP contribution in [0.15, 0.2) is 10.6 Å². The second kappa shape index (κ2) is 5.99. The molecule has 0 aliphatic heterocycles. The summed E-state index contributed by atoms with van der Waals surface area (Å²) in [6.07, 6.45) is 7.89. The average Bonchev–Trinajstić information content (AvgIpc) is 2.40. The van der Waals surface area contributed by atoms with Crippen LogP contribution in [0.25, 0.3) is 0 Å². The van der Waals surface area contributed by atoms with Crippen molar-refractivity contribution in [3.05, 3.63) is 10.6 Å². The highest BCUT2D eigenvalue weighted by Gasteiger charge is 2.24. The van der Waals surface area contributed by atoms with Crippen molar-refractivity contribution < 1.29 is 0 Å². The summed E-state index contributed by atoms with van der Waals surface area (Å²) in [6, 6.07) is 0. The second-order valence-corrected chi connectivity index (χ2v) is 5.09. The zero-order chi connectivity index (χ0) is 10.4. The standard InChI is InChI=1S/C11H19Cl2N/c1-11(14-9-10(13)8-12)6-4-2-3-5-7-11/h8,14H,2-7,9H2,1H3/b10-8-. The van der Waals surface area contributed by atoms with Gasteiger partial charge in [-0.05, 0) is 19.8 Å². The summed E-state index contributed by atoms with van der Waals surface area (Å²) in [5.74, 6) is 0. The Balaban J connectivity index is 2.39. The lowest BCUT2D eigenvalue weighted by atomic mass is 9.93. The van der Waals surface area contributed by atoms with Gasteiger partial charge in [0.1, 0.15) is 0 Å². The zero-order valence-corrected chi connectivity index (χ0v) is 10.3. The van der Waals surface area contributed by atoms with Gasteiger partial charge < -0.3 is 5.32 Å². The third-order valence-corrected chi connectivity index (χ3v) is 3.63. The van der Waals surface area contributed by atoms with Crippen LogP contribution in [0.1, 0.15) is 45.4 Å². The molecule has 0 bridgehead atoms. The van der Waals surface area contributed by atoms with Gasteiger partial charge in [-0.2, -0.15) is 0 Å². The summed E-state index contributed by atoms with van der Waals surface area (Å²) in [6.45, 7) is 2.98. The first-order valence-corrected chi connectivity index (χ1v) is 6.17. The minimum absolute atomic E-state index is 0.260. The van der Waals surface area contributed by atoms with E-state index in [0.717, 1.165) is 0 Å². The van der Waals surface area contributed by atoms with Crippen molar-refractivity contribution in [2.45, 2.75) is 51.0 Å². The molecule has 0 radical (unpaired) electrons. The van der Waals surface area contributed by atoms with Crippen molar-refractivity contribution in [2.75, 3.05) is 6.54 Å². The average molecular weight is 236 g/mol. The first-order chi connectivity index (χ1) is 6.66. The lowest BCUT2D eigenvalue weighted by Crippen LogP contribution is -2.42. The molecule has 1 aliphatic rings. The van der Waals surface area contributed by atoms with E-state index in [0.29, 0.717) is 11.6 Å². The summed E-state index contributed by atoms with van der Waals surface area (Å²) in [7, 11) is 0. The Hall–Kier alpha value is 0.280. The van der Waals surface area contributed by atoms with E-state index >= 15 is 0 Å². The van der Waals surface area contributed by atoms with Crippen LogP contribution in [0, 0.1) is 0 Å². The van der Waals surface area contributed by atoms with E-state index < -0.39 is 0 Å². The molecule has 0 saturated heterocycles. The smallest absolute Gasteiger partial charge is 0.0432 e. The highest BCUT2D eigenvalue weighted by molar-refractivity contribution is 6.36. The van der Waals surface area contributed by atoms with Gasteiger partial charge in [0, 0.05) is 22.7 Å². The number of hydrogen-bond acceptors (Lipinski definition) is 1. The Morgan fingerprint density at radius 3 is 2.36 bits per heavy atom. The number of halogens is 2. The molecule has 0 aromatic rings. The zero-order valence-electron chi connectivity index (χ0n) is 8.78. The lowest BCUT2D eigenvalue weighted by Gasteiger charge is -2.29. The van der Waals surface area contributed by atoms with Crippen LogP contribution in [0.2, 0.25) is 0 Å². The molecule has 3 heteroatoms. The topological polar surface area (TPSA) is 12.0 Å². The van der Waals surface area contributed by atoms with Gasteiger partial charge in [-0.3, -0.25) is 0 Å². The predicted molar refractivity (Wildman–Crippen MR) is 63.9 cm³/mol. The first-order valence-electron chi connectivity index (χ1n) is 5.36. The Morgan fingerprint density at radius 2 is 1.86 bits per heavy atom. The van der Waals surface area contributed by atoms with Gasteiger partial charge in [0.2, 0.25) is 0 Å². The first kappa shape index (κ1) is 12.4. The van der Waals surface area contributed by atoms with Crippen molar-refractivity contribution in [3.8, 4) is 0 Å². The molecule has 0 heterocycles. The summed E-state index contributed by atoms with van der Waals surface area (Å²) >= 11 is 11.4. The van der Waals surface area contributed by atoms with E-state index in [9.17, 15) is 0 Å². The fourth-order valence-electron chi connectivity index (χ4n) is 2.02. The summed E-state index contributed by atoms with van der Waals surface area (Å²) in [5.41, 5.74) is 1.70. The van der Waals surface area contributed by atoms with Crippen molar-refractivity contribution in [1.29, 1.82) is 0 Å². The molecular weight excluding hydrogens is 217 g/mol. The fourth-order valence-corrected chi connectivity index (χ4v) is 2.17. The maximum atomic E-state index is 5.85. The van der Waals surface area contributed by atoms with Crippen molar-refractivity contribution >= 4 is 23.2 Å². The number of rotatable bonds is 3.